The van der Waals surface area contributed by atoms with Gasteiger partial charge in [0.1, 0.15) is 12.4 Å². The molecule has 1 aliphatic heterocycles. The van der Waals surface area contributed by atoms with Crippen molar-refractivity contribution in [1.29, 1.82) is 0 Å². The molecule has 21 heavy (non-hydrogen) atoms. The molecule has 1 aromatic rings. The van der Waals surface area contributed by atoms with E-state index in [1.165, 1.54) is 31.2 Å². The first kappa shape index (κ1) is 14.9. The minimum Gasteiger partial charge on any atom is -0.492 e. The molecule has 3 heteroatoms. The molecule has 3 nitrogen and oxygen atoms in total. The number of hydrogen-bond donors (Lipinski definition) is 1. The van der Waals surface area contributed by atoms with Crippen LogP contribution in [0.2, 0.25) is 0 Å². The molecule has 2 aliphatic rings. The molecule has 0 aromatic heterocycles. The molecule has 3 rings (SSSR count). The Labute approximate surface area is 128 Å². The fraction of sp³-hybridized carbons (Fsp3) is 0.667. The average molecular weight is 288 g/mol. The van der Waals surface area contributed by atoms with Crippen LogP contribution in [0.15, 0.2) is 24.3 Å². The molecule has 0 saturated heterocycles. The molecular weight excluding hydrogens is 260 g/mol. The Hall–Kier alpha value is -1.06. The molecular formula is C18H28N2O. The fourth-order valence-electron chi connectivity index (χ4n) is 3.89. The van der Waals surface area contributed by atoms with Crippen LogP contribution < -0.4 is 10.5 Å². The lowest BCUT2D eigenvalue weighted by Gasteiger charge is -2.43. The van der Waals surface area contributed by atoms with Gasteiger partial charge in [-0.3, -0.25) is 4.90 Å². The van der Waals surface area contributed by atoms with Crippen LogP contribution >= 0.6 is 0 Å². The van der Waals surface area contributed by atoms with Crippen molar-refractivity contribution in [1.82, 2.24) is 4.90 Å². The number of hydrogen-bond acceptors (Lipinski definition) is 3. The highest BCUT2D eigenvalue weighted by atomic mass is 16.5. The van der Waals surface area contributed by atoms with E-state index in [2.05, 4.69) is 30.9 Å². The van der Waals surface area contributed by atoms with Crippen molar-refractivity contribution in [2.24, 2.45) is 11.7 Å². The van der Waals surface area contributed by atoms with Crippen LogP contribution in [0, 0.1) is 5.92 Å². The molecule has 0 bridgehead atoms. The summed E-state index contributed by atoms with van der Waals surface area (Å²) in [7, 11) is 0. The average Bonchev–Trinajstić information content (AvgIpc) is 3.00. The maximum absolute atomic E-state index is 6.61. The summed E-state index contributed by atoms with van der Waals surface area (Å²) in [6.45, 7) is 6.44. The van der Waals surface area contributed by atoms with E-state index < -0.39 is 0 Å². The number of nitrogens with zero attached hydrogens (tertiary/aromatic N) is 1. The van der Waals surface area contributed by atoms with Gasteiger partial charge in [0.05, 0.1) is 12.1 Å². The number of ether oxygens (including phenoxy) is 1. The van der Waals surface area contributed by atoms with Gasteiger partial charge in [-0.1, -0.05) is 44.9 Å². The Balaban J connectivity index is 1.82. The molecule has 0 spiro atoms. The van der Waals surface area contributed by atoms with Gasteiger partial charge in [-0.15, -0.1) is 0 Å². The van der Waals surface area contributed by atoms with E-state index in [-0.39, 0.29) is 6.04 Å². The van der Waals surface area contributed by atoms with Crippen molar-refractivity contribution in [3.05, 3.63) is 29.8 Å². The van der Waals surface area contributed by atoms with E-state index in [4.69, 9.17) is 10.5 Å². The van der Waals surface area contributed by atoms with Gasteiger partial charge in [0, 0.05) is 18.2 Å². The highest BCUT2D eigenvalue weighted by Crippen LogP contribution is 2.36. The zero-order chi connectivity index (χ0) is 14.8. The van der Waals surface area contributed by atoms with Gasteiger partial charge in [-0.25, -0.2) is 0 Å². The van der Waals surface area contributed by atoms with Crippen LogP contribution in [0.1, 0.15) is 51.1 Å². The second-order valence-electron chi connectivity index (χ2n) is 6.97. The minimum absolute atomic E-state index is 0.0642. The lowest BCUT2D eigenvalue weighted by molar-refractivity contribution is 0.0533. The molecule has 0 radical (unpaired) electrons. The summed E-state index contributed by atoms with van der Waals surface area (Å²) in [6.07, 6.45) is 5.35. The van der Waals surface area contributed by atoms with E-state index in [0.29, 0.717) is 18.0 Å². The number of para-hydroxylation sites is 1. The van der Waals surface area contributed by atoms with Crippen LogP contribution in [0.5, 0.6) is 5.75 Å². The van der Waals surface area contributed by atoms with Crippen molar-refractivity contribution in [3.8, 4) is 5.75 Å². The molecule has 0 amide bonds. The summed E-state index contributed by atoms with van der Waals surface area (Å²) < 4.78 is 6.01. The van der Waals surface area contributed by atoms with Crippen LogP contribution in [-0.2, 0) is 0 Å². The van der Waals surface area contributed by atoms with Gasteiger partial charge < -0.3 is 10.5 Å². The smallest absolute Gasteiger partial charge is 0.124 e. The van der Waals surface area contributed by atoms with Crippen molar-refractivity contribution in [2.75, 3.05) is 13.2 Å². The highest BCUT2D eigenvalue weighted by molar-refractivity contribution is 5.38. The fourth-order valence-corrected chi connectivity index (χ4v) is 3.89. The van der Waals surface area contributed by atoms with E-state index in [9.17, 15) is 0 Å². The van der Waals surface area contributed by atoms with Crippen molar-refractivity contribution < 1.29 is 4.74 Å². The molecule has 1 fully saturated rings. The zero-order valence-electron chi connectivity index (χ0n) is 13.3. The second kappa shape index (κ2) is 6.37. The zero-order valence-corrected chi connectivity index (χ0v) is 13.3. The molecule has 1 saturated carbocycles. The third-order valence-electron chi connectivity index (χ3n) is 4.90. The van der Waals surface area contributed by atoms with Gasteiger partial charge >= 0.3 is 0 Å². The topological polar surface area (TPSA) is 38.5 Å². The number of rotatable bonds is 4. The SMILES string of the molecule is CC(C)CN(C1CCCC1)C1COc2ccccc2C1N. The van der Waals surface area contributed by atoms with E-state index in [1.807, 2.05) is 12.1 Å². The first-order valence-corrected chi connectivity index (χ1v) is 8.40. The summed E-state index contributed by atoms with van der Waals surface area (Å²) >= 11 is 0. The Morgan fingerprint density at radius 2 is 1.95 bits per heavy atom. The molecule has 1 aliphatic carbocycles. The third-order valence-corrected chi connectivity index (χ3v) is 4.90. The predicted octanol–water partition coefficient (Wildman–Crippen LogP) is 3.35. The predicted molar refractivity (Wildman–Crippen MR) is 86.5 cm³/mol. The molecule has 1 aromatic carbocycles. The molecule has 116 valence electrons. The van der Waals surface area contributed by atoms with Crippen LogP contribution in [0.4, 0.5) is 0 Å². The first-order chi connectivity index (χ1) is 10.2. The van der Waals surface area contributed by atoms with E-state index >= 15 is 0 Å². The lowest BCUT2D eigenvalue weighted by Crippen LogP contribution is -2.53. The van der Waals surface area contributed by atoms with Crippen molar-refractivity contribution in [3.63, 3.8) is 0 Å². The summed E-state index contributed by atoms with van der Waals surface area (Å²) in [4.78, 5) is 2.65. The van der Waals surface area contributed by atoms with E-state index in [0.717, 1.165) is 18.9 Å². The number of nitrogens with two attached hydrogens (primary N) is 1. The Morgan fingerprint density at radius 3 is 2.67 bits per heavy atom. The van der Waals surface area contributed by atoms with Crippen LogP contribution in [0.3, 0.4) is 0 Å². The van der Waals surface area contributed by atoms with Crippen molar-refractivity contribution >= 4 is 0 Å². The van der Waals surface area contributed by atoms with Crippen LogP contribution in [0.25, 0.3) is 0 Å². The first-order valence-electron chi connectivity index (χ1n) is 8.40. The Kier molecular flexibility index (Phi) is 4.51. The molecule has 2 unspecified atom stereocenters. The minimum atomic E-state index is 0.0642. The summed E-state index contributed by atoms with van der Waals surface area (Å²) in [5.74, 6) is 1.63. The van der Waals surface area contributed by atoms with E-state index in [1.54, 1.807) is 0 Å². The van der Waals surface area contributed by atoms with Crippen molar-refractivity contribution in [2.45, 2.75) is 57.7 Å². The van der Waals surface area contributed by atoms with Gasteiger partial charge in [0.15, 0.2) is 0 Å². The van der Waals surface area contributed by atoms with Gasteiger partial charge in [-0.2, -0.15) is 0 Å². The molecule has 1 heterocycles. The Morgan fingerprint density at radius 1 is 1.24 bits per heavy atom. The lowest BCUT2D eigenvalue weighted by atomic mass is 9.93. The van der Waals surface area contributed by atoms with Gasteiger partial charge in [0.25, 0.3) is 0 Å². The molecule has 2 N–H and O–H groups in total. The maximum atomic E-state index is 6.61. The largest absolute Gasteiger partial charge is 0.492 e. The quantitative estimate of drug-likeness (QED) is 0.923. The second-order valence-corrected chi connectivity index (χ2v) is 6.97. The molecule has 2 atom stereocenters. The normalized spacial score (nSPS) is 26.1. The maximum Gasteiger partial charge on any atom is 0.124 e. The highest BCUT2D eigenvalue weighted by Gasteiger charge is 2.36. The number of benzene rings is 1. The van der Waals surface area contributed by atoms with Gasteiger partial charge in [0.2, 0.25) is 0 Å². The summed E-state index contributed by atoms with van der Waals surface area (Å²) in [6, 6.07) is 9.31. The number of fused-ring (bicyclic) bond motifs is 1. The summed E-state index contributed by atoms with van der Waals surface area (Å²) in [5, 5.41) is 0. The third kappa shape index (κ3) is 3.09. The monoisotopic (exact) mass is 288 g/mol. The van der Waals surface area contributed by atoms with Gasteiger partial charge in [-0.05, 0) is 24.8 Å². The van der Waals surface area contributed by atoms with Crippen LogP contribution in [-0.4, -0.2) is 30.1 Å². The Bertz CT molecular complexity index is 468. The standard InChI is InChI=1S/C18H28N2O/c1-13(2)11-20(14-7-3-4-8-14)16-12-21-17-10-6-5-9-15(17)18(16)19/h5-6,9-10,13-14,16,18H,3-4,7-8,11-12,19H2,1-2H3. The summed E-state index contributed by atoms with van der Waals surface area (Å²) in [5.41, 5.74) is 7.78.